The monoisotopic (exact) mass is 438 g/mol. The minimum atomic E-state index is -1.14. The zero-order chi connectivity index (χ0) is 22.7. The number of aliphatic carboxylic acids is 2. The van der Waals surface area contributed by atoms with E-state index in [9.17, 15) is 24.6 Å². The second kappa shape index (κ2) is 9.50. The summed E-state index contributed by atoms with van der Waals surface area (Å²) in [4.78, 5) is 38.8. The van der Waals surface area contributed by atoms with Crippen LogP contribution < -0.4 is 5.32 Å². The Bertz CT molecular complexity index is 995. The molecule has 3 N–H and O–H groups in total. The Morgan fingerprint density at radius 2 is 1.78 bits per heavy atom. The Balaban J connectivity index is 1.61. The molecule has 0 saturated carbocycles. The molecule has 2 aromatic carbocycles. The average Bonchev–Trinajstić information content (AvgIpc) is 2.92. The summed E-state index contributed by atoms with van der Waals surface area (Å²) in [6.45, 7) is 0.110. The Labute approximate surface area is 185 Å². The zero-order valence-electron chi connectivity index (χ0n) is 17.5. The van der Waals surface area contributed by atoms with E-state index < -0.39 is 42.0 Å². The Morgan fingerprint density at radius 3 is 2.50 bits per heavy atom. The molecule has 0 bridgehead atoms. The summed E-state index contributed by atoms with van der Waals surface area (Å²) in [6.07, 6.45) is 1.13. The molecule has 2 aliphatic rings. The molecule has 1 fully saturated rings. The first-order valence-electron chi connectivity index (χ1n) is 10.7. The number of hydrogen-bond acceptors (Lipinski definition) is 5. The molecule has 2 aliphatic heterocycles. The molecule has 2 heterocycles. The second-order valence-electron chi connectivity index (χ2n) is 8.19. The summed E-state index contributed by atoms with van der Waals surface area (Å²) >= 11 is 0. The van der Waals surface area contributed by atoms with Crippen molar-refractivity contribution in [3.05, 3.63) is 71.3 Å². The lowest BCUT2D eigenvalue weighted by Crippen LogP contribution is -2.59. The normalized spacial score (nSPS) is 23.6. The number of carbonyl (C=O) groups excluding carboxylic acids is 1. The molecule has 1 saturated heterocycles. The van der Waals surface area contributed by atoms with Gasteiger partial charge in [0.05, 0.1) is 25.3 Å². The van der Waals surface area contributed by atoms with Gasteiger partial charge >= 0.3 is 11.9 Å². The minimum absolute atomic E-state index is 0.0944. The maximum absolute atomic E-state index is 13.5. The Morgan fingerprint density at radius 1 is 1.06 bits per heavy atom. The summed E-state index contributed by atoms with van der Waals surface area (Å²) in [5.74, 6) is -2.59. The van der Waals surface area contributed by atoms with Crippen molar-refractivity contribution in [2.75, 3.05) is 13.2 Å². The van der Waals surface area contributed by atoms with E-state index in [1.807, 2.05) is 54.6 Å². The highest BCUT2D eigenvalue weighted by molar-refractivity contribution is 5.89. The third-order valence-electron chi connectivity index (χ3n) is 6.16. The number of carboxylic acids is 2. The van der Waals surface area contributed by atoms with Gasteiger partial charge in [-0.15, -0.1) is 0 Å². The van der Waals surface area contributed by atoms with Gasteiger partial charge in [-0.05, 0) is 36.0 Å². The highest BCUT2D eigenvalue weighted by atomic mass is 16.5. The summed E-state index contributed by atoms with van der Waals surface area (Å²) < 4.78 is 5.53. The standard InChI is InChI=1S/C24H26N2O6/c27-22-19(25-18(23(28)29)11-10-15-6-2-1-3-7-15)12-16-8-4-5-9-17(16)20-13-32-14-21(24(30)31)26(20)22/h1-9,18-21,25H,10-14H2,(H,28,29)(H,30,31)/t18-,19?,20?,21+/m0/s1. The molecular formula is C24H26N2O6. The summed E-state index contributed by atoms with van der Waals surface area (Å²) in [6, 6.07) is 13.6. The van der Waals surface area contributed by atoms with Crippen LogP contribution in [0.3, 0.4) is 0 Å². The van der Waals surface area contributed by atoms with Crippen LogP contribution in [0.2, 0.25) is 0 Å². The largest absolute Gasteiger partial charge is 0.480 e. The van der Waals surface area contributed by atoms with E-state index >= 15 is 0 Å². The molecule has 2 unspecified atom stereocenters. The summed E-state index contributed by atoms with van der Waals surface area (Å²) in [7, 11) is 0. The maximum Gasteiger partial charge on any atom is 0.328 e. The van der Waals surface area contributed by atoms with E-state index in [1.54, 1.807) is 0 Å². The molecule has 0 spiro atoms. The van der Waals surface area contributed by atoms with Crippen molar-refractivity contribution < 1.29 is 29.3 Å². The molecule has 4 atom stereocenters. The molecule has 0 aliphatic carbocycles. The lowest BCUT2D eigenvalue weighted by molar-refractivity contribution is -0.165. The predicted octanol–water partition coefficient (Wildman–Crippen LogP) is 1.64. The highest BCUT2D eigenvalue weighted by Gasteiger charge is 2.45. The van der Waals surface area contributed by atoms with Gasteiger partial charge in [0, 0.05) is 0 Å². The fourth-order valence-corrected chi connectivity index (χ4v) is 4.55. The number of nitrogens with one attached hydrogen (secondary N) is 1. The second-order valence-corrected chi connectivity index (χ2v) is 8.19. The van der Waals surface area contributed by atoms with Crippen LogP contribution >= 0.6 is 0 Å². The van der Waals surface area contributed by atoms with Crippen molar-refractivity contribution in [1.82, 2.24) is 10.2 Å². The van der Waals surface area contributed by atoms with Crippen LogP contribution in [0, 0.1) is 0 Å². The first kappa shape index (κ1) is 22.0. The zero-order valence-corrected chi connectivity index (χ0v) is 17.5. The van der Waals surface area contributed by atoms with Gasteiger partial charge in [0.25, 0.3) is 0 Å². The SMILES string of the molecule is O=C(O)[C@H](CCc1ccccc1)NC1Cc2ccccc2C2COC[C@H](C(=O)O)N2C1=O. The first-order valence-corrected chi connectivity index (χ1v) is 10.7. The van der Waals surface area contributed by atoms with Gasteiger partial charge < -0.3 is 19.8 Å². The predicted molar refractivity (Wildman–Crippen MR) is 115 cm³/mol. The number of hydrogen-bond donors (Lipinski definition) is 3. The number of aryl methyl sites for hydroxylation is 1. The number of amides is 1. The molecule has 168 valence electrons. The van der Waals surface area contributed by atoms with E-state index in [4.69, 9.17) is 4.74 Å². The first-order chi connectivity index (χ1) is 15.5. The van der Waals surface area contributed by atoms with Crippen molar-refractivity contribution in [3.8, 4) is 0 Å². The quantitative estimate of drug-likeness (QED) is 0.602. The maximum atomic E-state index is 13.5. The molecule has 8 heteroatoms. The van der Waals surface area contributed by atoms with Crippen molar-refractivity contribution in [2.45, 2.75) is 43.4 Å². The molecule has 32 heavy (non-hydrogen) atoms. The number of morpholine rings is 1. The van der Waals surface area contributed by atoms with Crippen molar-refractivity contribution >= 4 is 17.8 Å². The summed E-state index contributed by atoms with van der Waals surface area (Å²) in [5, 5.41) is 22.5. The van der Waals surface area contributed by atoms with E-state index in [1.165, 1.54) is 4.90 Å². The Kier molecular flexibility index (Phi) is 6.53. The van der Waals surface area contributed by atoms with E-state index in [0.29, 0.717) is 12.8 Å². The van der Waals surface area contributed by atoms with Crippen molar-refractivity contribution in [1.29, 1.82) is 0 Å². The topological polar surface area (TPSA) is 116 Å². The van der Waals surface area contributed by atoms with Crippen LogP contribution in [0.15, 0.2) is 54.6 Å². The van der Waals surface area contributed by atoms with Gasteiger partial charge in [-0.2, -0.15) is 0 Å². The van der Waals surface area contributed by atoms with Gasteiger partial charge in [0.15, 0.2) is 6.04 Å². The number of nitrogens with zero attached hydrogens (tertiary/aromatic N) is 1. The summed E-state index contributed by atoms with van der Waals surface area (Å²) in [5.41, 5.74) is 2.73. The van der Waals surface area contributed by atoms with E-state index in [-0.39, 0.29) is 19.6 Å². The molecule has 0 aromatic heterocycles. The number of benzene rings is 2. The molecule has 0 radical (unpaired) electrons. The number of fused-ring (bicyclic) bond motifs is 3. The van der Waals surface area contributed by atoms with Crippen LogP contribution in [0.5, 0.6) is 0 Å². The van der Waals surface area contributed by atoms with E-state index in [2.05, 4.69) is 5.32 Å². The van der Waals surface area contributed by atoms with Crippen LogP contribution in [0.1, 0.15) is 29.2 Å². The van der Waals surface area contributed by atoms with Crippen LogP contribution in [0.25, 0.3) is 0 Å². The number of carboxylic acid groups (broad SMARTS) is 2. The number of ether oxygens (including phenoxy) is 1. The van der Waals surface area contributed by atoms with Crippen LogP contribution in [0.4, 0.5) is 0 Å². The lowest BCUT2D eigenvalue weighted by atomic mass is 9.96. The molecular weight excluding hydrogens is 412 g/mol. The average molecular weight is 438 g/mol. The van der Waals surface area contributed by atoms with Gasteiger partial charge in [0.2, 0.25) is 5.91 Å². The molecule has 1 amide bonds. The number of rotatable bonds is 7. The lowest BCUT2D eigenvalue weighted by Gasteiger charge is -2.40. The smallest absolute Gasteiger partial charge is 0.328 e. The van der Waals surface area contributed by atoms with Gasteiger partial charge in [-0.3, -0.25) is 14.9 Å². The van der Waals surface area contributed by atoms with E-state index in [0.717, 1.165) is 16.7 Å². The number of carbonyl (C=O) groups is 3. The van der Waals surface area contributed by atoms with Gasteiger partial charge in [-0.25, -0.2) is 4.79 Å². The third-order valence-corrected chi connectivity index (χ3v) is 6.16. The van der Waals surface area contributed by atoms with Gasteiger partial charge in [0.1, 0.15) is 6.04 Å². The minimum Gasteiger partial charge on any atom is -0.480 e. The highest BCUT2D eigenvalue weighted by Crippen LogP contribution is 2.34. The van der Waals surface area contributed by atoms with Crippen LogP contribution in [-0.2, 0) is 32.0 Å². The Hall–Kier alpha value is -3.23. The van der Waals surface area contributed by atoms with Gasteiger partial charge in [-0.1, -0.05) is 54.6 Å². The van der Waals surface area contributed by atoms with Crippen molar-refractivity contribution in [2.24, 2.45) is 0 Å². The molecule has 8 nitrogen and oxygen atoms in total. The fraction of sp³-hybridized carbons (Fsp3) is 0.375. The van der Waals surface area contributed by atoms with Crippen LogP contribution in [-0.4, -0.2) is 64.3 Å². The third kappa shape index (κ3) is 4.51. The molecule has 2 aromatic rings. The van der Waals surface area contributed by atoms with Crippen molar-refractivity contribution in [3.63, 3.8) is 0 Å². The molecule has 4 rings (SSSR count). The fourth-order valence-electron chi connectivity index (χ4n) is 4.55.